The smallest absolute Gasteiger partial charge is 0.397 e. The second kappa shape index (κ2) is 8.69. The first-order valence-electron chi connectivity index (χ1n) is 6.51. The van der Waals surface area contributed by atoms with Crippen LogP contribution in [0.1, 0.15) is 13.8 Å². The van der Waals surface area contributed by atoms with E-state index in [1.165, 1.54) is 12.1 Å². The van der Waals surface area contributed by atoms with Gasteiger partial charge in [0.2, 0.25) is 0 Å². The maximum absolute atomic E-state index is 11.5. The van der Waals surface area contributed by atoms with Crippen molar-refractivity contribution in [3.8, 4) is 0 Å². The summed E-state index contributed by atoms with van der Waals surface area (Å²) in [5, 5.41) is 4.43. The Labute approximate surface area is 136 Å². The SMILES string of the molecule is CCOC(=O)C(=O)Nc1cc(Cl)cc(NC(=O)C(=O)OCC)n1. The molecule has 0 unspecified atom stereocenters. The normalized spacial score (nSPS) is 9.70. The lowest BCUT2D eigenvalue weighted by Gasteiger charge is -2.08. The molecule has 0 aliphatic heterocycles. The van der Waals surface area contributed by atoms with E-state index in [9.17, 15) is 19.2 Å². The average molecular weight is 344 g/mol. The fraction of sp³-hybridized carbons (Fsp3) is 0.308. The van der Waals surface area contributed by atoms with Gasteiger partial charge in [-0.15, -0.1) is 0 Å². The molecule has 1 aromatic heterocycles. The molecule has 1 heterocycles. The number of rotatable bonds is 4. The van der Waals surface area contributed by atoms with Gasteiger partial charge in [-0.05, 0) is 26.0 Å². The number of carbonyl (C=O) groups is 4. The van der Waals surface area contributed by atoms with Crippen molar-refractivity contribution in [3.05, 3.63) is 17.2 Å². The Morgan fingerprint density at radius 1 is 0.957 bits per heavy atom. The molecule has 0 aliphatic carbocycles. The minimum atomic E-state index is -1.09. The summed E-state index contributed by atoms with van der Waals surface area (Å²) in [5.74, 6) is -4.49. The van der Waals surface area contributed by atoms with Crippen molar-refractivity contribution in [2.75, 3.05) is 23.8 Å². The minimum Gasteiger partial charge on any atom is -0.459 e. The molecule has 10 heteroatoms. The van der Waals surface area contributed by atoms with Crippen LogP contribution in [0, 0.1) is 0 Å². The van der Waals surface area contributed by atoms with Crippen LogP contribution in [-0.2, 0) is 28.7 Å². The number of halogens is 1. The number of hydrogen-bond donors (Lipinski definition) is 2. The molecular formula is C13H14ClN3O6. The standard InChI is InChI=1S/C13H14ClN3O6/c1-3-22-12(20)10(18)16-8-5-7(14)6-9(15-8)17-11(19)13(21)23-4-2/h5-6H,3-4H2,1-2H3,(H2,15,16,17,18,19). The zero-order chi connectivity index (χ0) is 17.4. The third-order valence-electron chi connectivity index (χ3n) is 2.19. The summed E-state index contributed by atoms with van der Waals surface area (Å²) >= 11 is 5.82. The number of nitrogens with one attached hydrogen (secondary N) is 2. The average Bonchev–Trinajstić information content (AvgIpc) is 2.46. The quantitative estimate of drug-likeness (QED) is 0.610. The predicted molar refractivity (Wildman–Crippen MR) is 79.8 cm³/mol. The molecule has 1 rings (SSSR count). The molecule has 0 atom stereocenters. The first-order chi connectivity index (χ1) is 10.9. The lowest BCUT2D eigenvalue weighted by atomic mass is 10.4. The number of carbonyl (C=O) groups excluding carboxylic acids is 4. The van der Waals surface area contributed by atoms with Gasteiger partial charge in [-0.2, -0.15) is 0 Å². The van der Waals surface area contributed by atoms with Crippen LogP contribution in [0.15, 0.2) is 12.1 Å². The summed E-state index contributed by atoms with van der Waals surface area (Å²) in [4.78, 5) is 49.3. The van der Waals surface area contributed by atoms with Crippen LogP contribution in [0.3, 0.4) is 0 Å². The minimum absolute atomic E-state index is 0.0378. The van der Waals surface area contributed by atoms with Crippen LogP contribution in [-0.4, -0.2) is 42.0 Å². The number of aromatic nitrogens is 1. The number of ether oxygens (including phenoxy) is 2. The number of nitrogens with zero attached hydrogens (tertiary/aromatic N) is 1. The first kappa shape index (κ1) is 18.4. The molecule has 0 aromatic carbocycles. The summed E-state index contributed by atoms with van der Waals surface area (Å²) in [6.07, 6.45) is 0. The Kier molecular flexibility index (Phi) is 6.94. The highest BCUT2D eigenvalue weighted by molar-refractivity contribution is 6.38. The Hall–Kier alpha value is -2.68. The summed E-state index contributed by atoms with van der Waals surface area (Å²) in [7, 11) is 0. The fourth-order valence-corrected chi connectivity index (χ4v) is 1.56. The number of pyridine rings is 1. The van der Waals surface area contributed by atoms with E-state index in [4.69, 9.17) is 11.6 Å². The molecule has 23 heavy (non-hydrogen) atoms. The van der Waals surface area contributed by atoms with Crippen LogP contribution in [0.5, 0.6) is 0 Å². The van der Waals surface area contributed by atoms with Crippen LogP contribution in [0.25, 0.3) is 0 Å². The van der Waals surface area contributed by atoms with Crippen molar-refractivity contribution in [1.29, 1.82) is 0 Å². The topological polar surface area (TPSA) is 124 Å². The lowest BCUT2D eigenvalue weighted by Crippen LogP contribution is -2.27. The van der Waals surface area contributed by atoms with Crippen LogP contribution >= 0.6 is 11.6 Å². The van der Waals surface area contributed by atoms with E-state index in [0.717, 1.165) is 0 Å². The predicted octanol–water partition coefficient (Wildman–Crippen LogP) is 0.738. The van der Waals surface area contributed by atoms with E-state index in [1.54, 1.807) is 13.8 Å². The van der Waals surface area contributed by atoms with Crippen molar-refractivity contribution in [2.24, 2.45) is 0 Å². The third kappa shape index (κ3) is 5.91. The van der Waals surface area contributed by atoms with Gasteiger partial charge >= 0.3 is 23.8 Å². The molecule has 0 spiro atoms. The van der Waals surface area contributed by atoms with Gasteiger partial charge in [-0.3, -0.25) is 9.59 Å². The van der Waals surface area contributed by atoms with E-state index < -0.39 is 23.8 Å². The summed E-state index contributed by atoms with van der Waals surface area (Å²) in [6.45, 7) is 3.17. The summed E-state index contributed by atoms with van der Waals surface area (Å²) in [5.41, 5.74) is 0. The van der Waals surface area contributed by atoms with Crippen LogP contribution in [0.4, 0.5) is 11.6 Å². The molecule has 0 saturated heterocycles. The van der Waals surface area contributed by atoms with E-state index in [0.29, 0.717) is 0 Å². The van der Waals surface area contributed by atoms with Gasteiger partial charge in [0.1, 0.15) is 11.6 Å². The zero-order valence-corrected chi connectivity index (χ0v) is 13.1. The van der Waals surface area contributed by atoms with Gasteiger partial charge in [-0.25, -0.2) is 14.6 Å². The Bertz CT molecular complexity index is 584. The number of amides is 2. The number of hydrogen-bond acceptors (Lipinski definition) is 7. The highest BCUT2D eigenvalue weighted by Gasteiger charge is 2.18. The Balaban J connectivity index is 2.83. The van der Waals surface area contributed by atoms with Gasteiger partial charge in [0.05, 0.1) is 13.2 Å². The van der Waals surface area contributed by atoms with Crippen LogP contribution < -0.4 is 10.6 Å². The van der Waals surface area contributed by atoms with Gasteiger partial charge in [0, 0.05) is 5.02 Å². The van der Waals surface area contributed by atoms with Gasteiger partial charge in [-0.1, -0.05) is 11.6 Å². The maximum atomic E-state index is 11.5. The van der Waals surface area contributed by atoms with E-state index in [1.807, 2.05) is 0 Å². The number of esters is 2. The molecule has 0 saturated carbocycles. The second-order valence-electron chi connectivity index (χ2n) is 3.91. The molecule has 124 valence electrons. The van der Waals surface area contributed by atoms with Crippen LogP contribution in [0.2, 0.25) is 5.02 Å². The molecular weight excluding hydrogens is 330 g/mol. The summed E-state index contributed by atoms with van der Waals surface area (Å²) < 4.78 is 9.03. The third-order valence-corrected chi connectivity index (χ3v) is 2.41. The van der Waals surface area contributed by atoms with Gasteiger partial charge in [0.25, 0.3) is 0 Å². The van der Waals surface area contributed by atoms with E-state index in [-0.39, 0.29) is 29.9 Å². The van der Waals surface area contributed by atoms with Gasteiger partial charge in [0.15, 0.2) is 0 Å². The highest BCUT2D eigenvalue weighted by atomic mass is 35.5. The number of anilines is 2. The molecule has 0 radical (unpaired) electrons. The zero-order valence-electron chi connectivity index (χ0n) is 12.3. The highest BCUT2D eigenvalue weighted by Crippen LogP contribution is 2.18. The first-order valence-corrected chi connectivity index (χ1v) is 6.89. The van der Waals surface area contributed by atoms with Crippen molar-refractivity contribution in [3.63, 3.8) is 0 Å². The molecule has 0 aliphatic rings. The summed E-state index contributed by atoms with van der Waals surface area (Å²) in [6, 6.07) is 2.50. The lowest BCUT2D eigenvalue weighted by molar-refractivity contribution is -0.152. The molecule has 9 nitrogen and oxygen atoms in total. The molecule has 0 fully saturated rings. The molecule has 0 bridgehead atoms. The maximum Gasteiger partial charge on any atom is 0.397 e. The largest absolute Gasteiger partial charge is 0.459 e. The Morgan fingerprint density at radius 3 is 1.70 bits per heavy atom. The fourth-order valence-electron chi connectivity index (χ4n) is 1.35. The van der Waals surface area contributed by atoms with Crippen molar-refractivity contribution in [2.45, 2.75) is 13.8 Å². The van der Waals surface area contributed by atoms with Crippen molar-refractivity contribution in [1.82, 2.24) is 4.98 Å². The Morgan fingerprint density at radius 2 is 1.35 bits per heavy atom. The van der Waals surface area contributed by atoms with E-state index in [2.05, 4.69) is 25.1 Å². The van der Waals surface area contributed by atoms with Crippen molar-refractivity contribution >= 4 is 47.0 Å². The second-order valence-corrected chi connectivity index (χ2v) is 4.34. The van der Waals surface area contributed by atoms with Gasteiger partial charge < -0.3 is 20.1 Å². The molecule has 2 N–H and O–H groups in total. The van der Waals surface area contributed by atoms with E-state index >= 15 is 0 Å². The molecule has 1 aromatic rings. The molecule has 2 amide bonds. The monoisotopic (exact) mass is 343 g/mol. The van der Waals surface area contributed by atoms with Crippen molar-refractivity contribution < 1.29 is 28.7 Å².